The predicted octanol–water partition coefficient (Wildman–Crippen LogP) is 3.20. The Morgan fingerprint density at radius 1 is 1.13 bits per heavy atom. The number of methoxy groups -OCH3 is 1. The van der Waals surface area contributed by atoms with E-state index in [-0.39, 0.29) is 18.4 Å². The van der Waals surface area contributed by atoms with Gasteiger partial charge in [-0.3, -0.25) is 24.6 Å². The molecule has 6 nitrogen and oxygen atoms in total. The molecule has 2 fully saturated rings. The highest BCUT2D eigenvalue weighted by atomic mass is 35.5. The van der Waals surface area contributed by atoms with Gasteiger partial charge in [-0.25, -0.2) is 0 Å². The summed E-state index contributed by atoms with van der Waals surface area (Å²) in [5, 5.41) is 3.90. The normalized spacial score (nSPS) is 28.0. The van der Waals surface area contributed by atoms with Crippen LogP contribution in [0.15, 0.2) is 48.5 Å². The maximum absolute atomic E-state index is 13.0. The van der Waals surface area contributed by atoms with Crippen LogP contribution in [-0.4, -0.2) is 41.9 Å². The summed E-state index contributed by atoms with van der Waals surface area (Å²) in [5.74, 6) is -2.58. The lowest BCUT2D eigenvalue weighted by molar-refractivity contribution is -0.153. The van der Waals surface area contributed by atoms with Crippen molar-refractivity contribution in [3.63, 3.8) is 0 Å². The molecule has 0 radical (unpaired) electrons. The van der Waals surface area contributed by atoms with Crippen LogP contribution >= 0.6 is 11.6 Å². The Bertz CT molecular complexity index is 1020. The van der Waals surface area contributed by atoms with Crippen molar-refractivity contribution in [1.29, 1.82) is 0 Å². The van der Waals surface area contributed by atoms with Gasteiger partial charge in [0.1, 0.15) is 5.54 Å². The summed E-state index contributed by atoms with van der Waals surface area (Å²) in [5.41, 5.74) is 1.53. The largest absolute Gasteiger partial charge is 0.468 e. The number of fused-ring (bicyclic) bond motifs is 1. The van der Waals surface area contributed by atoms with Crippen molar-refractivity contribution in [2.75, 3.05) is 13.7 Å². The highest BCUT2D eigenvalue weighted by Gasteiger charge is 2.66. The fourth-order valence-corrected chi connectivity index (χ4v) is 4.94. The molecule has 0 saturated carbocycles. The van der Waals surface area contributed by atoms with Gasteiger partial charge >= 0.3 is 5.97 Å². The number of carbonyl (C=O) groups excluding carboxylic acids is 3. The number of carbonyl (C=O) groups is 3. The van der Waals surface area contributed by atoms with Crippen molar-refractivity contribution < 1.29 is 19.1 Å². The van der Waals surface area contributed by atoms with E-state index in [9.17, 15) is 14.4 Å². The molecule has 0 aliphatic carbocycles. The van der Waals surface area contributed by atoms with E-state index in [1.165, 1.54) is 12.0 Å². The summed E-state index contributed by atoms with van der Waals surface area (Å²) < 4.78 is 4.97. The van der Waals surface area contributed by atoms with Crippen LogP contribution in [0.5, 0.6) is 0 Å². The monoisotopic (exact) mass is 426 g/mol. The molecule has 2 heterocycles. The first kappa shape index (κ1) is 20.6. The number of halogens is 1. The third-order valence-corrected chi connectivity index (χ3v) is 6.47. The van der Waals surface area contributed by atoms with E-state index in [1.807, 2.05) is 48.5 Å². The number of nitrogens with one attached hydrogen (secondary N) is 1. The van der Waals surface area contributed by atoms with Crippen LogP contribution in [0.4, 0.5) is 0 Å². The Labute approximate surface area is 180 Å². The molecule has 1 N–H and O–H groups in total. The summed E-state index contributed by atoms with van der Waals surface area (Å²) >= 11 is 6.09. The molecule has 30 heavy (non-hydrogen) atoms. The van der Waals surface area contributed by atoms with Crippen molar-refractivity contribution >= 4 is 29.4 Å². The van der Waals surface area contributed by atoms with Crippen LogP contribution in [0.3, 0.4) is 0 Å². The third kappa shape index (κ3) is 3.02. The van der Waals surface area contributed by atoms with Crippen molar-refractivity contribution in [1.82, 2.24) is 10.2 Å². The van der Waals surface area contributed by atoms with E-state index in [2.05, 4.69) is 5.32 Å². The van der Waals surface area contributed by atoms with Crippen LogP contribution in [0, 0.1) is 11.8 Å². The lowest BCUT2D eigenvalue weighted by atomic mass is 9.80. The first-order chi connectivity index (χ1) is 14.3. The molecule has 0 bridgehead atoms. The van der Waals surface area contributed by atoms with Gasteiger partial charge in [-0.15, -0.1) is 0 Å². The molecule has 4 rings (SSSR count). The van der Waals surface area contributed by atoms with Crippen molar-refractivity contribution in [2.45, 2.75) is 25.4 Å². The number of likely N-dealkylation sites (tertiary alicyclic amines) is 1. The minimum absolute atomic E-state index is 0.253. The third-order valence-electron chi connectivity index (χ3n) is 6.23. The number of nitrogens with zero attached hydrogens (tertiary/aromatic N) is 1. The van der Waals surface area contributed by atoms with Gasteiger partial charge in [-0.1, -0.05) is 48.0 Å². The molecule has 4 atom stereocenters. The standard InChI is InChI=1S/C23H23ClN2O4/c1-4-26-20(27)17-18(21(26)28)23(2,22(29)30-3)25-19(17)14-10-8-13(9-11-14)15-6-5-7-16(24)12-15/h5-12,17-19,25H,4H2,1-3H3/t17-,18-,19-,23-/m1/s1. The van der Waals surface area contributed by atoms with Gasteiger partial charge in [0, 0.05) is 17.6 Å². The molecule has 0 aromatic heterocycles. The number of ether oxygens (including phenoxy) is 1. The van der Waals surface area contributed by atoms with Gasteiger partial charge in [-0.2, -0.15) is 0 Å². The molecule has 0 unspecified atom stereocenters. The molecular formula is C23H23ClN2O4. The summed E-state index contributed by atoms with van der Waals surface area (Å²) in [6.45, 7) is 3.68. The van der Waals surface area contributed by atoms with E-state index in [0.29, 0.717) is 5.02 Å². The molecule has 7 heteroatoms. The molecule has 2 aliphatic heterocycles. The number of imide groups is 1. The Morgan fingerprint density at radius 3 is 2.43 bits per heavy atom. The van der Waals surface area contributed by atoms with Crippen LogP contribution < -0.4 is 5.32 Å². The van der Waals surface area contributed by atoms with Gasteiger partial charge in [0.25, 0.3) is 0 Å². The molecule has 2 aliphatic rings. The second-order valence-corrected chi connectivity index (χ2v) is 8.31. The van der Waals surface area contributed by atoms with Crippen molar-refractivity contribution in [2.24, 2.45) is 11.8 Å². The van der Waals surface area contributed by atoms with Gasteiger partial charge in [0.05, 0.1) is 18.9 Å². The average molecular weight is 427 g/mol. The van der Waals surface area contributed by atoms with Crippen LogP contribution in [-0.2, 0) is 19.1 Å². The lowest BCUT2D eigenvalue weighted by Gasteiger charge is -2.28. The van der Waals surface area contributed by atoms with E-state index in [0.717, 1.165) is 16.7 Å². The van der Waals surface area contributed by atoms with Crippen LogP contribution in [0.25, 0.3) is 11.1 Å². The van der Waals surface area contributed by atoms with Crippen LogP contribution in [0.1, 0.15) is 25.5 Å². The minimum Gasteiger partial charge on any atom is -0.468 e. The number of hydrogen-bond donors (Lipinski definition) is 1. The molecular weight excluding hydrogens is 404 g/mol. The number of hydrogen-bond acceptors (Lipinski definition) is 5. The fourth-order valence-electron chi connectivity index (χ4n) is 4.75. The summed E-state index contributed by atoms with van der Waals surface area (Å²) in [7, 11) is 1.29. The smallest absolute Gasteiger partial charge is 0.326 e. The van der Waals surface area contributed by atoms with Gasteiger partial charge in [0.15, 0.2) is 0 Å². The highest BCUT2D eigenvalue weighted by molar-refractivity contribution is 6.30. The summed E-state index contributed by atoms with van der Waals surface area (Å²) in [4.78, 5) is 39.8. The highest BCUT2D eigenvalue weighted by Crippen LogP contribution is 2.49. The Hall–Kier alpha value is -2.70. The maximum Gasteiger partial charge on any atom is 0.326 e. The zero-order valence-corrected chi connectivity index (χ0v) is 17.8. The topological polar surface area (TPSA) is 75.7 Å². The Balaban J connectivity index is 1.72. The summed E-state index contributed by atoms with van der Waals surface area (Å²) in [6, 6.07) is 14.8. The minimum atomic E-state index is -1.27. The van der Waals surface area contributed by atoms with Crippen LogP contribution in [0.2, 0.25) is 5.02 Å². The Morgan fingerprint density at radius 2 is 1.83 bits per heavy atom. The first-order valence-corrected chi connectivity index (χ1v) is 10.3. The second-order valence-electron chi connectivity index (χ2n) is 7.87. The fraction of sp³-hybridized carbons (Fsp3) is 0.348. The number of esters is 1. The molecule has 2 amide bonds. The Kier molecular flexibility index (Phi) is 5.16. The van der Waals surface area contributed by atoms with Gasteiger partial charge in [0.2, 0.25) is 11.8 Å². The van der Waals surface area contributed by atoms with Gasteiger partial charge < -0.3 is 4.74 Å². The average Bonchev–Trinajstić information content (AvgIpc) is 3.21. The summed E-state index contributed by atoms with van der Waals surface area (Å²) in [6.07, 6.45) is 0. The number of amides is 2. The predicted molar refractivity (Wildman–Crippen MR) is 113 cm³/mol. The van der Waals surface area contributed by atoms with E-state index < -0.39 is 29.4 Å². The molecule has 2 saturated heterocycles. The second kappa shape index (κ2) is 7.52. The molecule has 156 valence electrons. The quantitative estimate of drug-likeness (QED) is 0.600. The zero-order valence-electron chi connectivity index (χ0n) is 17.0. The maximum atomic E-state index is 13.0. The van der Waals surface area contributed by atoms with Crippen molar-refractivity contribution in [3.8, 4) is 11.1 Å². The first-order valence-electron chi connectivity index (χ1n) is 9.89. The zero-order chi connectivity index (χ0) is 21.6. The van der Waals surface area contributed by atoms with Gasteiger partial charge in [-0.05, 0) is 42.7 Å². The number of benzene rings is 2. The number of rotatable bonds is 4. The molecule has 2 aromatic carbocycles. The van der Waals surface area contributed by atoms with E-state index in [1.54, 1.807) is 13.8 Å². The van der Waals surface area contributed by atoms with E-state index in [4.69, 9.17) is 16.3 Å². The lowest BCUT2D eigenvalue weighted by Crippen LogP contribution is -2.53. The van der Waals surface area contributed by atoms with E-state index >= 15 is 0 Å². The SMILES string of the molecule is CCN1C(=O)[C@H]2[C@@H](c3ccc(-c4cccc(Cl)c4)cc3)N[C@@](C)(C(=O)OC)[C@H]2C1=O. The molecule has 0 spiro atoms. The molecule has 2 aromatic rings. The van der Waals surface area contributed by atoms with Crippen molar-refractivity contribution in [3.05, 3.63) is 59.1 Å².